The minimum absolute atomic E-state index is 0.116. The van der Waals surface area contributed by atoms with Gasteiger partial charge >= 0.3 is 0 Å². The molecule has 6 heteroatoms. The number of nitrogens with one attached hydrogen (secondary N) is 3. The second kappa shape index (κ2) is 7.44. The topological polar surface area (TPSA) is 70.2 Å². The molecule has 2 rings (SSSR count). The number of hydrogen-bond donors (Lipinski definition) is 3. The normalized spacial score (nSPS) is 9.95. The second-order valence-corrected chi connectivity index (χ2v) is 5.37. The zero-order valence-corrected chi connectivity index (χ0v) is 12.5. The van der Waals surface area contributed by atoms with E-state index in [1.165, 1.54) is 0 Å². The molecule has 2 amide bonds. The SMILES string of the molecule is CNC(=O)c1ccccc1NCC(=O)NCc1cccs1. The van der Waals surface area contributed by atoms with Crippen LogP contribution in [0.2, 0.25) is 0 Å². The van der Waals surface area contributed by atoms with Crippen LogP contribution in [0.15, 0.2) is 41.8 Å². The van der Waals surface area contributed by atoms with Gasteiger partial charge in [-0.3, -0.25) is 9.59 Å². The van der Waals surface area contributed by atoms with Crippen molar-refractivity contribution in [2.24, 2.45) is 0 Å². The van der Waals surface area contributed by atoms with E-state index in [1.807, 2.05) is 23.6 Å². The molecule has 0 aliphatic carbocycles. The average Bonchev–Trinajstić information content (AvgIpc) is 3.04. The first-order valence-corrected chi connectivity index (χ1v) is 7.42. The zero-order chi connectivity index (χ0) is 15.1. The van der Waals surface area contributed by atoms with Crippen molar-refractivity contribution in [1.82, 2.24) is 10.6 Å². The van der Waals surface area contributed by atoms with Gasteiger partial charge in [-0.1, -0.05) is 18.2 Å². The first kappa shape index (κ1) is 15.1. The highest BCUT2D eigenvalue weighted by Crippen LogP contribution is 2.14. The van der Waals surface area contributed by atoms with Crippen molar-refractivity contribution in [3.8, 4) is 0 Å². The second-order valence-electron chi connectivity index (χ2n) is 4.33. The van der Waals surface area contributed by atoms with Crippen molar-refractivity contribution in [3.05, 3.63) is 52.2 Å². The molecule has 0 unspecified atom stereocenters. The van der Waals surface area contributed by atoms with Crippen LogP contribution in [0.4, 0.5) is 5.69 Å². The Morgan fingerprint density at radius 1 is 1.14 bits per heavy atom. The molecule has 21 heavy (non-hydrogen) atoms. The van der Waals surface area contributed by atoms with Gasteiger partial charge in [-0.05, 0) is 23.6 Å². The van der Waals surface area contributed by atoms with Gasteiger partial charge in [0.1, 0.15) is 0 Å². The fourth-order valence-corrected chi connectivity index (χ4v) is 2.45. The first-order valence-electron chi connectivity index (χ1n) is 6.54. The number of rotatable bonds is 6. The number of para-hydroxylation sites is 1. The number of benzene rings is 1. The standard InChI is InChI=1S/C15H17N3O2S/c1-16-15(20)12-6-2-3-7-13(12)17-10-14(19)18-9-11-5-4-8-21-11/h2-8,17H,9-10H2,1H3,(H,16,20)(H,18,19). The molecule has 0 saturated heterocycles. The summed E-state index contributed by atoms with van der Waals surface area (Å²) >= 11 is 1.60. The molecule has 1 heterocycles. The summed E-state index contributed by atoms with van der Waals surface area (Å²) in [4.78, 5) is 24.6. The minimum atomic E-state index is -0.183. The van der Waals surface area contributed by atoms with E-state index in [4.69, 9.17) is 0 Å². The highest BCUT2D eigenvalue weighted by atomic mass is 32.1. The predicted molar refractivity (Wildman–Crippen MR) is 84.5 cm³/mol. The van der Waals surface area contributed by atoms with Gasteiger partial charge in [-0.25, -0.2) is 0 Å². The fraction of sp³-hybridized carbons (Fsp3) is 0.200. The Morgan fingerprint density at radius 2 is 1.95 bits per heavy atom. The summed E-state index contributed by atoms with van der Waals surface area (Å²) in [5.74, 6) is -0.299. The Morgan fingerprint density at radius 3 is 2.67 bits per heavy atom. The van der Waals surface area contributed by atoms with E-state index < -0.39 is 0 Å². The van der Waals surface area contributed by atoms with E-state index in [9.17, 15) is 9.59 Å². The van der Waals surface area contributed by atoms with Crippen LogP contribution in [-0.4, -0.2) is 25.4 Å². The number of anilines is 1. The molecule has 0 radical (unpaired) electrons. The molecule has 0 spiro atoms. The number of amides is 2. The Balaban J connectivity index is 1.88. The summed E-state index contributed by atoms with van der Waals surface area (Å²) in [6.07, 6.45) is 0. The summed E-state index contributed by atoms with van der Waals surface area (Å²) in [6, 6.07) is 11.0. The van der Waals surface area contributed by atoms with E-state index >= 15 is 0 Å². The summed E-state index contributed by atoms with van der Waals surface area (Å²) in [7, 11) is 1.58. The van der Waals surface area contributed by atoms with E-state index in [1.54, 1.807) is 36.6 Å². The highest BCUT2D eigenvalue weighted by molar-refractivity contribution is 7.09. The molecule has 0 bridgehead atoms. The predicted octanol–water partition coefficient (Wildman–Crippen LogP) is 1.84. The van der Waals surface area contributed by atoms with Gasteiger partial charge in [0.15, 0.2) is 0 Å². The van der Waals surface area contributed by atoms with Crippen LogP contribution in [0.1, 0.15) is 15.2 Å². The van der Waals surface area contributed by atoms with Crippen LogP contribution in [0, 0.1) is 0 Å². The number of carbonyl (C=O) groups is 2. The maximum atomic E-state index is 11.8. The molecule has 3 N–H and O–H groups in total. The lowest BCUT2D eigenvalue weighted by molar-refractivity contribution is -0.119. The van der Waals surface area contributed by atoms with E-state index in [-0.39, 0.29) is 18.4 Å². The molecular weight excluding hydrogens is 286 g/mol. The lowest BCUT2D eigenvalue weighted by Gasteiger charge is -2.11. The van der Waals surface area contributed by atoms with Gasteiger partial charge in [0.2, 0.25) is 5.91 Å². The summed E-state index contributed by atoms with van der Waals surface area (Å²) < 4.78 is 0. The third-order valence-electron chi connectivity index (χ3n) is 2.88. The van der Waals surface area contributed by atoms with Gasteiger partial charge < -0.3 is 16.0 Å². The molecule has 2 aromatic rings. The molecule has 1 aromatic carbocycles. The van der Waals surface area contributed by atoms with Crippen LogP contribution < -0.4 is 16.0 Å². The molecule has 0 aliphatic heterocycles. The van der Waals surface area contributed by atoms with Crippen molar-refractivity contribution < 1.29 is 9.59 Å². The van der Waals surface area contributed by atoms with E-state index in [2.05, 4.69) is 16.0 Å². The van der Waals surface area contributed by atoms with Crippen LogP contribution in [-0.2, 0) is 11.3 Å². The lowest BCUT2D eigenvalue weighted by Crippen LogP contribution is -2.30. The van der Waals surface area contributed by atoms with Crippen molar-refractivity contribution in [3.63, 3.8) is 0 Å². The van der Waals surface area contributed by atoms with Gasteiger partial charge in [0, 0.05) is 17.6 Å². The van der Waals surface area contributed by atoms with Gasteiger partial charge in [0.05, 0.1) is 18.7 Å². The monoisotopic (exact) mass is 303 g/mol. The summed E-state index contributed by atoms with van der Waals surface area (Å²) in [5, 5.41) is 10.4. The molecule has 0 saturated carbocycles. The number of hydrogen-bond acceptors (Lipinski definition) is 4. The molecule has 0 fully saturated rings. The first-order chi connectivity index (χ1) is 10.2. The van der Waals surface area contributed by atoms with Gasteiger partial charge in [-0.15, -0.1) is 11.3 Å². The van der Waals surface area contributed by atoms with Crippen molar-refractivity contribution in [2.75, 3.05) is 18.9 Å². The lowest BCUT2D eigenvalue weighted by atomic mass is 10.1. The van der Waals surface area contributed by atoms with Crippen LogP contribution in [0.25, 0.3) is 0 Å². The quantitative estimate of drug-likeness (QED) is 0.762. The Kier molecular flexibility index (Phi) is 5.34. The van der Waals surface area contributed by atoms with Gasteiger partial charge in [0.25, 0.3) is 5.91 Å². The summed E-state index contributed by atoms with van der Waals surface area (Å²) in [6.45, 7) is 0.647. The van der Waals surface area contributed by atoms with Crippen LogP contribution >= 0.6 is 11.3 Å². The Hall–Kier alpha value is -2.34. The van der Waals surface area contributed by atoms with E-state index in [0.717, 1.165) is 4.88 Å². The highest BCUT2D eigenvalue weighted by Gasteiger charge is 2.09. The fourth-order valence-electron chi connectivity index (χ4n) is 1.81. The molecule has 110 valence electrons. The van der Waals surface area contributed by atoms with E-state index in [0.29, 0.717) is 17.8 Å². The van der Waals surface area contributed by atoms with Crippen molar-refractivity contribution >= 4 is 28.8 Å². The third-order valence-corrected chi connectivity index (χ3v) is 3.75. The molecular formula is C15H17N3O2S. The largest absolute Gasteiger partial charge is 0.376 e. The smallest absolute Gasteiger partial charge is 0.253 e. The molecule has 1 aromatic heterocycles. The number of carbonyl (C=O) groups excluding carboxylic acids is 2. The summed E-state index contributed by atoms with van der Waals surface area (Å²) in [5.41, 5.74) is 1.16. The van der Waals surface area contributed by atoms with Crippen molar-refractivity contribution in [1.29, 1.82) is 0 Å². The Labute approximate surface area is 127 Å². The number of thiophene rings is 1. The maximum absolute atomic E-state index is 11.8. The Bertz CT molecular complexity index is 611. The molecule has 0 aliphatic rings. The maximum Gasteiger partial charge on any atom is 0.253 e. The third kappa shape index (κ3) is 4.32. The van der Waals surface area contributed by atoms with Crippen LogP contribution in [0.5, 0.6) is 0 Å². The molecule has 5 nitrogen and oxygen atoms in total. The average molecular weight is 303 g/mol. The van der Waals surface area contributed by atoms with Crippen LogP contribution in [0.3, 0.4) is 0 Å². The zero-order valence-electron chi connectivity index (χ0n) is 11.7. The molecule has 0 atom stereocenters. The van der Waals surface area contributed by atoms with Gasteiger partial charge in [-0.2, -0.15) is 0 Å². The minimum Gasteiger partial charge on any atom is -0.376 e. The van der Waals surface area contributed by atoms with Crippen molar-refractivity contribution in [2.45, 2.75) is 6.54 Å².